The van der Waals surface area contributed by atoms with Gasteiger partial charge in [0.2, 0.25) is 5.82 Å². The molecule has 0 bridgehead atoms. The van der Waals surface area contributed by atoms with Crippen LogP contribution in [-0.2, 0) is 16.8 Å². The Morgan fingerprint density at radius 2 is 1.89 bits per heavy atom. The number of carbonyl (C=O) groups excluding carboxylic acids is 1. The minimum Gasteiger partial charge on any atom is -0.440 e. The highest BCUT2D eigenvalue weighted by Gasteiger charge is 2.45. The molecule has 2 aromatic heterocycles. The van der Waals surface area contributed by atoms with Gasteiger partial charge in [0, 0.05) is 17.5 Å². The average Bonchev–Trinajstić information content (AvgIpc) is 3.41. The van der Waals surface area contributed by atoms with Gasteiger partial charge in [-0.2, -0.15) is 10.4 Å². The molecular weight excluding hydrogens is 468 g/mol. The molecule has 2 aromatic carbocycles. The molecule has 0 fully saturated rings. The number of ether oxygens (including phenoxy) is 1. The topological polar surface area (TPSA) is 123 Å². The molecule has 1 atom stereocenters. The molecule has 0 unspecified atom stereocenters. The maximum absolute atomic E-state index is 13.5. The van der Waals surface area contributed by atoms with E-state index in [1.807, 2.05) is 93.5 Å². The number of nitrogens with zero attached hydrogens (tertiary/aromatic N) is 6. The van der Waals surface area contributed by atoms with Gasteiger partial charge in [-0.3, -0.25) is 10.00 Å². The van der Waals surface area contributed by atoms with Crippen LogP contribution in [0.4, 0.5) is 16.4 Å². The van der Waals surface area contributed by atoms with E-state index >= 15 is 0 Å². The van der Waals surface area contributed by atoms with Crippen LogP contribution in [0.25, 0.3) is 10.9 Å². The number of amides is 1. The standard InChI is InChI=1S/C27H28N8O2/c1-27(2)23-19(15-35(27)26(36)37-21(16-34(3)4)17-10-6-5-7-11-17)25(33-32-23)31-24-18-12-8-9-13-20(18)29-22(14-28)30-24/h5-13,21H,15-16H2,1-4H3,(H2,29,30,31,32,33)/t21-/m1/s1. The van der Waals surface area contributed by atoms with Crippen molar-refractivity contribution in [1.82, 2.24) is 30.0 Å². The SMILES string of the molecule is CN(C)C[C@@H](OC(=O)N1Cc2c(Nc3nc(C#N)nc4ccccc34)n[nH]c2C1(C)C)c1ccccc1. The normalized spacial score (nSPS) is 14.9. The Morgan fingerprint density at radius 1 is 1.16 bits per heavy atom. The lowest BCUT2D eigenvalue weighted by Gasteiger charge is -2.33. The molecule has 37 heavy (non-hydrogen) atoms. The van der Waals surface area contributed by atoms with Crippen molar-refractivity contribution in [2.75, 3.05) is 26.0 Å². The quantitative estimate of drug-likeness (QED) is 0.401. The van der Waals surface area contributed by atoms with Gasteiger partial charge < -0.3 is 15.0 Å². The molecular formula is C27H28N8O2. The third-order valence-corrected chi connectivity index (χ3v) is 6.58. The summed E-state index contributed by atoms with van der Waals surface area (Å²) >= 11 is 0. The Balaban J connectivity index is 1.42. The van der Waals surface area contributed by atoms with Gasteiger partial charge in [-0.1, -0.05) is 42.5 Å². The molecule has 4 aromatic rings. The third kappa shape index (κ3) is 4.57. The van der Waals surface area contributed by atoms with Gasteiger partial charge in [-0.25, -0.2) is 14.8 Å². The summed E-state index contributed by atoms with van der Waals surface area (Å²) in [6.45, 7) is 4.78. The van der Waals surface area contributed by atoms with Crippen molar-refractivity contribution in [1.29, 1.82) is 5.26 Å². The van der Waals surface area contributed by atoms with E-state index in [4.69, 9.17) is 4.74 Å². The predicted octanol–water partition coefficient (Wildman–Crippen LogP) is 4.46. The van der Waals surface area contributed by atoms with Crippen molar-refractivity contribution >= 4 is 28.6 Å². The van der Waals surface area contributed by atoms with Crippen molar-refractivity contribution in [3.8, 4) is 6.07 Å². The monoisotopic (exact) mass is 496 g/mol. The van der Waals surface area contributed by atoms with Crippen LogP contribution in [0, 0.1) is 11.3 Å². The molecule has 1 amide bonds. The van der Waals surface area contributed by atoms with E-state index in [-0.39, 0.29) is 5.82 Å². The zero-order valence-electron chi connectivity index (χ0n) is 21.2. The summed E-state index contributed by atoms with van der Waals surface area (Å²) in [5.74, 6) is 1.08. The number of benzene rings is 2. The Kier molecular flexibility index (Phi) is 6.23. The first-order valence-electron chi connectivity index (χ1n) is 12.0. The molecule has 1 aliphatic heterocycles. The highest BCUT2D eigenvalue weighted by Crippen LogP contribution is 2.42. The molecule has 1 aliphatic rings. The number of para-hydroxylation sites is 1. The van der Waals surface area contributed by atoms with Gasteiger partial charge in [-0.05, 0) is 45.6 Å². The summed E-state index contributed by atoms with van der Waals surface area (Å²) in [6.07, 6.45) is -0.818. The van der Waals surface area contributed by atoms with Crippen molar-refractivity contribution < 1.29 is 9.53 Å². The van der Waals surface area contributed by atoms with E-state index in [1.165, 1.54) is 0 Å². The van der Waals surface area contributed by atoms with Crippen LogP contribution in [0.2, 0.25) is 0 Å². The van der Waals surface area contributed by atoms with Crippen LogP contribution < -0.4 is 5.32 Å². The number of carbonyl (C=O) groups is 1. The van der Waals surface area contributed by atoms with Gasteiger partial charge in [0.25, 0.3) is 0 Å². The van der Waals surface area contributed by atoms with Gasteiger partial charge in [0.15, 0.2) is 5.82 Å². The summed E-state index contributed by atoms with van der Waals surface area (Å²) in [7, 11) is 3.90. The highest BCUT2D eigenvalue weighted by molar-refractivity contribution is 5.91. The van der Waals surface area contributed by atoms with Crippen LogP contribution >= 0.6 is 0 Å². The van der Waals surface area contributed by atoms with Crippen LogP contribution in [0.5, 0.6) is 0 Å². The summed E-state index contributed by atoms with van der Waals surface area (Å²) < 4.78 is 6.05. The number of H-pyrrole nitrogens is 1. The number of likely N-dealkylation sites (N-methyl/N-ethyl adjacent to an activating group) is 1. The summed E-state index contributed by atoms with van der Waals surface area (Å²) in [5, 5.41) is 21.0. The van der Waals surface area contributed by atoms with Gasteiger partial charge in [0.05, 0.1) is 23.3 Å². The first-order valence-corrected chi connectivity index (χ1v) is 12.0. The van der Waals surface area contributed by atoms with E-state index in [1.54, 1.807) is 4.90 Å². The van der Waals surface area contributed by atoms with Gasteiger partial charge in [-0.15, -0.1) is 0 Å². The number of fused-ring (bicyclic) bond motifs is 2. The average molecular weight is 497 g/mol. The first kappa shape index (κ1) is 24.2. The van der Waals surface area contributed by atoms with Crippen LogP contribution in [-0.4, -0.2) is 56.7 Å². The molecule has 0 aliphatic carbocycles. The van der Waals surface area contributed by atoms with Gasteiger partial charge >= 0.3 is 6.09 Å². The maximum Gasteiger partial charge on any atom is 0.411 e. The Hall–Kier alpha value is -4.49. The summed E-state index contributed by atoms with van der Waals surface area (Å²) in [5.41, 5.74) is 2.57. The molecule has 10 heteroatoms. The maximum atomic E-state index is 13.5. The van der Waals surface area contributed by atoms with E-state index < -0.39 is 17.7 Å². The van der Waals surface area contributed by atoms with E-state index in [0.717, 1.165) is 22.2 Å². The lowest BCUT2D eigenvalue weighted by Crippen LogP contribution is -2.42. The van der Waals surface area contributed by atoms with Gasteiger partial charge in [0.1, 0.15) is 18.0 Å². The van der Waals surface area contributed by atoms with E-state index in [2.05, 4.69) is 25.5 Å². The Morgan fingerprint density at radius 3 is 2.62 bits per heavy atom. The lowest BCUT2D eigenvalue weighted by atomic mass is 10.0. The minimum atomic E-state index is -0.676. The number of anilines is 2. The number of rotatable bonds is 6. The first-order chi connectivity index (χ1) is 17.8. The third-order valence-electron chi connectivity index (χ3n) is 6.58. The number of nitriles is 1. The molecule has 3 heterocycles. The fourth-order valence-corrected chi connectivity index (χ4v) is 4.64. The number of hydrogen-bond donors (Lipinski definition) is 2. The molecule has 10 nitrogen and oxygen atoms in total. The molecule has 2 N–H and O–H groups in total. The van der Waals surface area contributed by atoms with Crippen LogP contribution in [0.15, 0.2) is 54.6 Å². The number of aromatic nitrogens is 4. The zero-order valence-corrected chi connectivity index (χ0v) is 21.2. The second-order valence-corrected chi connectivity index (χ2v) is 9.77. The predicted molar refractivity (Wildman–Crippen MR) is 139 cm³/mol. The summed E-state index contributed by atoms with van der Waals surface area (Å²) in [6, 6.07) is 19.2. The number of aromatic amines is 1. The van der Waals surface area contributed by atoms with E-state index in [0.29, 0.717) is 30.2 Å². The highest BCUT2D eigenvalue weighted by atomic mass is 16.6. The zero-order chi connectivity index (χ0) is 26.2. The molecule has 188 valence electrons. The largest absolute Gasteiger partial charge is 0.440 e. The molecule has 0 saturated carbocycles. The summed E-state index contributed by atoms with van der Waals surface area (Å²) in [4.78, 5) is 25.8. The molecule has 5 rings (SSSR count). The van der Waals surface area contributed by atoms with Crippen molar-refractivity contribution in [3.63, 3.8) is 0 Å². The Labute approximate surface area is 214 Å². The number of hydrogen-bond acceptors (Lipinski definition) is 8. The number of nitrogens with one attached hydrogen (secondary N) is 2. The molecule has 0 saturated heterocycles. The van der Waals surface area contributed by atoms with Crippen LogP contribution in [0.3, 0.4) is 0 Å². The fraction of sp³-hybridized carbons (Fsp3) is 0.296. The fourth-order valence-electron chi connectivity index (χ4n) is 4.64. The van der Waals surface area contributed by atoms with Crippen molar-refractivity contribution in [3.05, 3.63) is 77.2 Å². The smallest absolute Gasteiger partial charge is 0.411 e. The Bertz CT molecular complexity index is 1490. The molecule has 0 spiro atoms. The van der Waals surface area contributed by atoms with Crippen molar-refractivity contribution in [2.24, 2.45) is 0 Å². The molecule has 0 radical (unpaired) electrons. The van der Waals surface area contributed by atoms with E-state index in [9.17, 15) is 10.1 Å². The lowest BCUT2D eigenvalue weighted by molar-refractivity contribution is 0.0259. The second kappa shape index (κ2) is 9.52. The van der Waals surface area contributed by atoms with Crippen molar-refractivity contribution in [2.45, 2.75) is 32.0 Å². The van der Waals surface area contributed by atoms with Crippen LogP contribution in [0.1, 0.15) is 42.6 Å². The minimum absolute atomic E-state index is 0.0618. The second-order valence-electron chi connectivity index (χ2n) is 9.77.